The van der Waals surface area contributed by atoms with Crippen LogP contribution in [0.5, 0.6) is 5.75 Å². The van der Waals surface area contributed by atoms with Gasteiger partial charge in [-0.05, 0) is 55.2 Å². The molecule has 11 amide bonds. The van der Waals surface area contributed by atoms with Gasteiger partial charge in [0.15, 0.2) is 11.1 Å². The maximum atomic E-state index is 15.1. The van der Waals surface area contributed by atoms with E-state index in [0.29, 0.717) is 18.4 Å². The van der Waals surface area contributed by atoms with E-state index in [4.69, 9.17) is 17.2 Å². The average Bonchev–Trinajstić information content (AvgIpc) is 3.70. The van der Waals surface area contributed by atoms with Crippen molar-refractivity contribution in [2.45, 2.75) is 147 Å². The van der Waals surface area contributed by atoms with Crippen molar-refractivity contribution in [2.75, 3.05) is 18.8 Å². The fraction of sp³-hybridized carbons (Fsp3) is 0.622. The topological polar surface area (TPSA) is 411 Å². The molecular formula is C45H70FN11O14S. The van der Waals surface area contributed by atoms with Gasteiger partial charge in [0.2, 0.25) is 65.0 Å². The molecule has 1 aliphatic heterocycles. The molecule has 2 rings (SSSR count). The Morgan fingerprint density at radius 1 is 0.722 bits per heavy atom. The van der Waals surface area contributed by atoms with Gasteiger partial charge >= 0.3 is 0 Å². The molecule has 402 valence electrons. The lowest BCUT2D eigenvalue weighted by atomic mass is 9.96. The van der Waals surface area contributed by atoms with Gasteiger partial charge < -0.3 is 69.0 Å². The average molecular weight is 1040 g/mol. The predicted octanol–water partition coefficient (Wildman–Crippen LogP) is -2.97. The first-order chi connectivity index (χ1) is 33.8. The normalized spacial score (nSPS) is 17.6. The third-order valence-electron chi connectivity index (χ3n) is 11.5. The molecule has 10 atom stereocenters. The van der Waals surface area contributed by atoms with Crippen LogP contribution in [0.15, 0.2) is 24.3 Å². The van der Waals surface area contributed by atoms with Gasteiger partial charge in [-0.15, -0.1) is 0 Å². The Morgan fingerprint density at radius 2 is 1.32 bits per heavy atom. The van der Waals surface area contributed by atoms with Crippen LogP contribution in [0.4, 0.5) is 4.39 Å². The van der Waals surface area contributed by atoms with Crippen molar-refractivity contribution >= 4 is 76.1 Å². The number of phenols is 1. The van der Waals surface area contributed by atoms with Crippen molar-refractivity contribution in [3.63, 3.8) is 0 Å². The Labute approximate surface area is 418 Å². The Morgan fingerprint density at radius 3 is 1.88 bits per heavy atom. The molecule has 1 aromatic rings. The van der Waals surface area contributed by atoms with Crippen molar-refractivity contribution in [1.29, 1.82) is 0 Å². The highest BCUT2D eigenvalue weighted by Crippen LogP contribution is 2.23. The second kappa shape index (κ2) is 30.2. The number of carbonyl (C=O) groups is 11. The monoisotopic (exact) mass is 1040 g/mol. The summed E-state index contributed by atoms with van der Waals surface area (Å²) >= 11 is -2.57. The minimum absolute atomic E-state index is 0.0373. The largest absolute Gasteiger partial charge is 0.508 e. The van der Waals surface area contributed by atoms with Crippen LogP contribution in [-0.4, -0.2) is 151 Å². The second-order valence-corrected chi connectivity index (χ2v) is 19.1. The molecule has 1 aromatic carbocycles. The van der Waals surface area contributed by atoms with Crippen molar-refractivity contribution in [3.8, 4) is 5.75 Å². The summed E-state index contributed by atoms with van der Waals surface area (Å²) in [5.74, 6) is -12.0. The maximum absolute atomic E-state index is 15.1. The second-order valence-electron chi connectivity index (χ2n) is 18.0. The van der Waals surface area contributed by atoms with E-state index in [9.17, 15) is 66.6 Å². The van der Waals surface area contributed by atoms with Crippen LogP contribution in [0, 0.1) is 11.8 Å². The van der Waals surface area contributed by atoms with Crippen molar-refractivity contribution in [2.24, 2.45) is 29.0 Å². The van der Waals surface area contributed by atoms with Gasteiger partial charge in [-0.3, -0.25) is 52.7 Å². The molecule has 0 aliphatic carbocycles. The van der Waals surface area contributed by atoms with Crippen LogP contribution >= 0.6 is 0 Å². The molecule has 1 aliphatic rings. The Balaban J connectivity index is 2.44. The Kier molecular flexibility index (Phi) is 25.7. The number of nitrogens with zero attached hydrogens (tertiary/aromatic N) is 1. The summed E-state index contributed by atoms with van der Waals surface area (Å²) in [6.45, 7) is 7.31. The third kappa shape index (κ3) is 21.3. The number of nitrogens with two attached hydrogens (primary N) is 3. The van der Waals surface area contributed by atoms with Gasteiger partial charge in [-0.1, -0.05) is 53.2 Å². The summed E-state index contributed by atoms with van der Waals surface area (Å²) in [4.78, 5) is 146. The first-order valence-electron chi connectivity index (χ1n) is 23.5. The number of hydrogen-bond acceptors (Lipinski definition) is 13. The van der Waals surface area contributed by atoms with Gasteiger partial charge in [-0.25, -0.2) is 8.60 Å². The maximum Gasteiger partial charge on any atom is 0.245 e. The lowest BCUT2D eigenvalue weighted by Crippen LogP contribution is -2.61. The molecule has 1 heterocycles. The number of amides is 11. The standard InChI is InChI=1S/C45H70FN11O14S/c1-6-8-37(62)51-31(18-25-9-11-27(58)12-10-25)42(66)56-38(24(5)7-2)44(68)52-28(13-14-34(47)59)40(64)54-32(20-35(48)60)41(65)53-29(15-16-72(70)71)45(69)57-22-26(46)19-33(57)43(67)55-30(17-23(3)4)39(63)50-21-36(49)61/h9-12,23-24,26,28-33,38,58H,6-8,13-22H2,1-5H3,(H2,47,59)(H2,48,60)(H2,49,61)(H,50,63)(H,51,62)(H,52,68)(H,53,65)(H,54,64)(H,55,67)(H,56,66)(H,70,71)/t24-,26-,28-,29-,30-,31+,32-,33-,38-/m0/s1. The molecule has 25 nitrogen and oxygen atoms in total. The van der Waals surface area contributed by atoms with E-state index in [-0.39, 0.29) is 30.9 Å². The summed E-state index contributed by atoms with van der Waals surface area (Å²) in [6, 6.07) is -4.96. The van der Waals surface area contributed by atoms with Gasteiger partial charge in [0.25, 0.3) is 0 Å². The molecule has 1 saturated heterocycles. The van der Waals surface area contributed by atoms with Gasteiger partial charge in [0, 0.05) is 25.7 Å². The number of likely N-dealkylation sites (tertiary alicyclic amines) is 1. The highest BCUT2D eigenvalue weighted by molar-refractivity contribution is 7.79. The van der Waals surface area contributed by atoms with E-state index in [1.807, 2.05) is 0 Å². The van der Waals surface area contributed by atoms with Gasteiger partial charge in [0.05, 0.1) is 25.3 Å². The fourth-order valence-corrected chi connectivity index (χ4v) is 7.96. The molecule has 72 heavy (non-hydrogen) atoms. The van der Waals surface area contributed by atoms with E-state index < -0.39 is 181 Å². The van der Waals surface area contributed by atoms with Crippen LogP contribution in [0.1, 0.15) is 98.0 Å². The Bertz CT molecular complexity index is 2130. The van der Waals surface area contributed by atoms with E-state index in [1.54, 1.807) is 46.8 Å². The number of hydrogen-bond donors (Lipinski definition) is 12. The van der Waals surface area contributed by atoms with Crippen LogP contribution in [0.2, 0.25) is 0 Å². The summed E-state index contributed by atoms with van der Waals surface area (Å²) in [5, 5.41) is 26.8. The molecule has 27 heteroatoms. The molecule has 15 N–H and O–H groups in total. The molecule has 1 unspecified atom stereocenters. The first-order valence-corrected chi connectivity index (χ1v) is 24.8. The van der Waals surface area contributed by atoms with Gasteiger partial charge in [-0.2, -0.15) is 0 Å². The summed E-state index contributed by atoms with van der Waals surface area (Å²) < 4.78 is 36.5. The fourth-order valence-electron chi connectivity index (χ4n) is 7.52. The number of phenolic OH excluding ortho intramolecular Hbond substituents is 1. The SMILES string of the molecule is CCCC(=O)N[C@H](Cc1ccc(O)cc1)C(=O)N[C@H](C(=O)N[C@@H](CCC(N)=O)C(=O)N[C@@H](CC(N)=O)C(=O)N[C@@H](CCS(=O)O)C(=O)N1C[C@@H](F)C[C@H]1C(=O)N[C@@H](CC(C)C)C(=O)NCC(N)=O)[C@@H](C)CC. The summed E-state index contributed by atoms with van der Waals surface area (Å²) in [6.07, 6.45) is -4.01. The lowest BCUT2D eigenvalue weighted by molar-refractivity contribution is -0.143. The van der Waals surface area contributed by atoms with Crippen LogP contribution in [-0.2, 0) is 70.2 Å². The summed E-state index contributed by atoms with van der Waals surface area (Å²) in [5.41, 5.74) is 16.5. The highest BCUT2D eigenvalue weighted by atomic mass is 32.2. The lowest BCUT2D eigenvalue weighted by Gasteiger charge is -2.31. The van der Waals surface area contributed by atoms with E-state index >= 15 is 4.39 Å². The van der Waals surface area contributed by atoms with Crippen LogP contribution < -0.4 is 54.4 Å². The molecule has 0 aromatic heterocycles. The predicted molar refractivity (Wildman–Crippen MR) is 257 cm³/mol. The first kappa shape index (κ1) is 61.3. The number of rotatable bonds is 31. The highest BCUT2D eigenvalue weighted by Gasteiger charge is 2.44. The zero-order chi connectivity index (χ0) is 54.4. The van der Waals surface area contributed by atoms with Crippen molar-refractivity contribution in [1.82, 2.24) is 42.1 Å². The number of benzene rings is 1. The molecular weight excluding hydrogens is 970 g/mol. The zero-order valence-electron chi connectivity index (χ0n) is 41.0. The molecule has 0 bridgehead atoms. The molecule has 0 radical (unpaired) electrons. The quantitative estimate of drug-likeness (QED) is 0.0331. The Hall–Kier alpha value is -6.77. The smallest absolute Gasteiger partial charge is 0.245 e. The van der Waals surface area contributed by atoms with Crippen molar-refractivity contribution in [3.05, 3.63) is 29.8 Å². The number of primary amides is 3. The third-order valence-corrected chi connectivity index (χ3v) is 12.0. The van der Waals surface area contributed by atoms with Crippen LogP contribution in [0.25, 0.3) is 0 Å². The molecule has 0 saturated carbocycles. The van der Waals surface area contributed by atoms with E-state index in [1.165, 1.54) is 12.1 Å². The van der Waals surface area contributed by atoms with Crippen molar-refractivity contribution < 1.29 is 71.0 Å². The van der Waals surface area contributed by atoms with Crippen LogP contribution in [0.3, 0.4) is 0 Å². The van der Waals surface area contributed by atoms with E-state index in [2.05, 4.69) is 37.2 Å². The number of nitrogens with one attached hydrogen (secondary N) is 7. The minimum atomic E-state index is -2.57. The molecule has 1 fully saturated rings. The number of halogens is 1. The minimum Gasteiger partial charge on any atom is -0.508 e. The number of aromatic hydroxyl groups is 1. The number of alkyl halides is 1. The van der Waals surface area contributed by atoms with E-state index in [0.717, 1.165) is 4.90 Å². The molecule has 0 spiro atoms. The number of carbonyl (C=O) groups excluding carboxylic acids is 11. The van der Waals surface area contributed by atoms with Gasteiger partial charge in [0.1, 0.15) is 54.2 Å². The zero-order valence-corrected chi connectivity index (χ0v) is 41.9. The summed E-state index contributed by atoms with van der Waals surface area (Å²) in [7, 11) is 0.